The van der Waals surface area contributed by atoms with E-state index in [1.165, 1.54) is 53.9 Å². The maximum Gasteiger partial charge on any atom is 0.255 e. The van der Waals surface area contributed by atoms with Crippen LogP contribution in [-0.2, 0) is 25.5 Å². The molecule has 3 N–H and O–H groups in total. The summed E-state index contributed by atoms with van der Waals surface area (Å²) < 4.78 is 58.3. The Morgan fingerprint density at radius 3 is 2.08 bits per heavy atom. The van der Waals surface area contributed by atoms with Crippen molar-refractivity contribution in [2.24, 2.45) is 0 Å². The van der Waals surface area contributed by atoms with Gasteiger partial charge in [0.05, 0.1) is 39.2 Å². The first-order valence-electron chi connectivity index (χ1n) is 16.2. The maximum atomic E-state index is 12.7. The quantitative estimate of drug-likeness (QED) is 0.170. The zero-order valence-electron chi connectivity index (χ0n) is 30.1. The Morgan fingerprint density at radius 2 is 1.54 bits per heavy atom. The molecule has 0 spiro atoms. The van der Waals surface area contributed by atoms with E-state index in [4.69, 9.17) is 4.74 Å². The Labute approximate surface area is 300 Å². The minimum absolute atomic E-state index is 0.0187. The average molecular weight is 745 g/mol. The molecular formula is C36H48N4O7S3. The zero-order valence-corrected chi connectivity index (χ0v) is 32.6. The second-order valence-electron chi connectivity index (χ2n) is 12.5. The summed E-state index contributed by atoms with van der Waals surface area (Å²) in [5, 5.41) is 6.89. The van der Waals surface area contributed by atoms with Gasteiger partial charge < -0.3 is 15.4 Å². The summed E-state index contributed by atoms with van der Waals surface area (Å²) in [5.41, 5.74) is 3.39. The molecule has 4 aromatic rings. The first-order chi connectivity index (χ1) is 23.4. The molecule has 3 aromatic carbocycles. The highest BCUT2D eigenvalue weighted by Gasteiger charge is 2.26. The average Bonchev–Trinajstić information content (AvgIpc) is 3.51. The fraction of sp³-hybridized carbons (Fsp3) is 0.389. The predicted octanol–water partition coefficient (Wildman–Crippen LogP) is 6.65. The Kier molecular flexibility index (Phi) is 13.7. The molecule has 11 nitrogen and oxygen atoms in total. The molecule has 0 atom stereocenters. The number of Topliss-reactive ketones (excluding diaryl/α,β-unsaturated/α-hetero) is 1. The predicted molar refractivity (Wildman–Crippen MR) is 204 cm³/mol. The van der Waals surface area contributed by atoms with Gasteiger partial charge in [0.1, 0.15) is 5.75 Å². The first-order valence-corrected chi connectivity index (χ1v) is 20.4. The van der Waals surface area contributed by atoms with Gasteiger partial charge in [-0.1, -0.05) is 52.8 Å². The van der Waals surface area contributed by atoms with Gasteiger partial charge in [-0.05, 0) is 78.2 Å². The lowest BCUT2D eigenvalue weighted by atomic mass is 9.86. The molecule has 5 rings (SSSR count). The minimum Gasteiger partial charge on any atom is -0.494 e. The SMILES string of the molecule is CC.CC(=O)c1cc2cccc(NC(=O)c3ccc(S(=O)(=O)N4CCNCC4)cc3)c2s1.COc1c(C)cc(C(C)(C)C)cc1NS(C)(=O)=O. The van der Waals surface area contributed by atoms with Crippen molar-refractivity contribution in [3.63, 3.8) is 0 Å². The molecule has 1 amide bonds. The number of piperazine rings is 1. The van der Waals surface area contributed by atoms with E-state index in [2.05, 4.69) is 36.1 Å². The highest BCUT2D eigenvalue weighted by molar-refractivity contribution is 7.92. The number of anilines is 2. The van der Waals surface area contributed by atoms with Gasteiger partial charge in [-0.25, -0.2) is 16.8 Å². The van der Waals surface area contributed by atoms with Crippen LogP contribution in [0.5, 0.6) is 5.75 Å². The van der Waals surface area contributed by atoms with E-state index in [9.17, 15) is 26.4 Å². The van der Waals surface area contributed by atoms with Gasteiger partial charge in [-0.3, -0.25) is 14.3 Å². The number of thiophene rings is 1. The number of ketones is 1. The van der Waals surface area contributed by atoms with Crippen molar-refractivity contribution >= 4 is 64.5 Å². The first kappa shape index (κ1) is 40.6. The molecular weight excluding hydrogens is 697 g/mol. The number of hydrogen-bond acceptors (Lipinski definition) is 9. The summed E-state index contributed by atoms with van der Waals surface area (Å²) in [4.78, 5) is 25.2. The number of sulfonamides is 2. The number of rotatable bonds is 8. The van der Waals surface area contributed by atoms with Crippen molar-refractivity contribution < 1.29 is 31.2 Å². The van der Waals surface area contributed by atoms with Crippen molar-refractivity contribution in [2.45, 2.75) is 58.8 Å². The lowest BCUT2D eigenvalue weighted by Crippen LogP contribution is -2.46. The molecule has 0 radical (unpaired) electrons. The summed E-state index contributed by atoms with van der Waals surface area (Å²) in [7, 11) is -5.35. The number of carbonyl (C=O) groups is 2. The van der Waals surface area contributed by atoms with Gasteiger partial charge in [0, 0.05) is 31.7 Å². The number of fused-ring (bicyclic) bond motifs is 1. The van der Waals surface area contributed by atoms with Gasteiger partial charge in [-0.2, -0.15) is 4.31 Å². The molecule has 50 heavy (non-hydrogen) atoms. The van der Waals surface area contributed by atoms with Crippen LogP contribution in [0.3, 0.4) is 0 Å². The second-order valence-corrected chi connectivity index (χ2v) is 17.3. The highest BCUT2D eigenvalue weighted by Crippen LogP contribution is 2.35. The van der Waals surface area contributed by atoms with Gasteiger partial charge in [-0.15, -0.1) is 11.3 Å². The van der Waals surface area contributed by atoms with Crippen LogP contribution in [0.25, 0.3) is 10.1 Å². The molecule has 0 saturated carbocycles. The summed E-state index contributed by atoms with van der Waals surface area (Å²) in [6.07, 6.45) is 1.13. The lowest BCUT2D eigenvalue weighted by Gasteiger charge is -2.26. The normalized spacial score (nSPS) is 13.7. The standard InChI is InChI=1S/C21H21N3O4S2.C13H21NO3S.C2H6/c1-14(25)19-13-16-3-2-4-18(20(16)29-19)23-21(26)15-5-7-17(8-6-15)30(27,28)24-11-9-22-10-12-24;1-9-7-10(13(2,3)4)8-11(12(9)17-5)14-18(6,15)16;1-2/h2-8,13,22H,9-12H2,1H3,(H,23,26);7-8,14H,1-6H3;1-2H3. The van der Waals surface area contributed by atoms with Crippen molar-refractivity contribution in [1.82, 2.24) is 9.62 Å². The third-order valence-electron chi connectivity index (χ3n) is 7.61. The molecule has 1 saturated heterocycles. The van der Waals surface area contributed by atoms with Crippen LogP contribution in [0.1, 0.15) is 72.7 Å². The molecule has 272 valence electrons. The van der Waals surface area contributed by atoms with Gasteiger partial charge in [0.25, 0.3) is 5.91 Å². The Hall–Kier alpha value is -3.82. The molecule has 0 aliphatic carbocycles. The number of nitrogens with one attached hydrogen (secondary N) is 3. The largest absolute Gasteiger partial charge is 0.494 e. The van der Waals surface area contributed by atoms with Crippen LogP contribution in [0, 0.1) is 6.92 Å². The molecule has 1 fully saturated rings. The maximum absolute atomic E-state index is 12.7. The molecule has 0 bridgehead atoms. The van der Waals surface area contributed by atoms with E-state index in [0.29, 0.717) is 53.7 Å². The summed E-state index contributed by atoms with van der Waals surface area (Å²) >= 11 is 1.34. The zero-order chi connectivity index (χ0) is 37.4. The highest BCUT2D eigenvalue weighted by atomic mass is 32.2. The van der Waals surface area contributed by atoms with Crippen molar-refractivity contribution in [1.29, 1.82) is 0 Å². The van der Waals surface area contributed by atoms with Crippen LogP contribution < -0.4 is 20.1 Å². The number of aryl methyl sites for hydroxylation is 1. The number of amides is 1. The van der Waals surface area contributed by atoms with Crippen LogP contribution in [-0.4, -0.2) is 72.4 Å². The Balaban J connectivity index is 0.000000290. The van der Waals surface area contributed by atoms with Crippen LogP contribution in [0.4, 0.5) is 11.4 Å². The number of carbonyl (C=O) groups excluding carboxylic acids is 2. The van der Waals surface area contributed by atoms with Crippen LogP contribution in [0.2, 0.25) is 0 Å². The number of ether oxygens (including phenoxy) is 1. The smallest absolute Gasteiger partial charge is 0.255 e. The molecule has 0 unspecified atom stereocenters. The fourth-order valence-electron chi connectivity index (χ4n) is 5.09. The van der Waals surface area contributed by atoms with E-state index in [0.717, 1.165) is 27.5 Å². The van der Waals surface area contributed by atoms with Gasteiger partial charge >= 0.3 is 0 Å². The number of methoxy groups -OCH3 is 1. The summed E-state index contributed by atoms with van der Waals surface area (Å²) in [6.45, 7) is 15.8. The lowest BCUT2D eigenvalue weighted by molar-refractivity contribution is 0.101. The number of hydrogen-bond donors (Lipinski definition) is 3. The van der Waals surface area contributed by atoms with E-state index in [1.807, 2.05) is 51.1 Å². The third-order valence-corrected chi connectivity index (χ3v) is 11.4. The monoisotopic (exact) mass is 744 g/mol. The molecule has 1 aliphatic heterocycles. The van der Waals surface area contributed by atoms with E-state index in [1.54, 1.807) is 6.07 Å². The summed E-state index contributed by atoms with van der Waals surface area (Å²) in [5.74, 6) is 0.203. The van der Waals surface area contributed by atoms with Gasteiger partial charge in [0.2, 0.25) is 20.0 Å². The van der Waals surface area contributed by atoms with Crippen LogP contribution >= 0.6 is 11.3 Å². The topological polar surface area (TPSA) is 151 Å². The Morgan fingerprint density at radius 1 is 0.920 bits per heavy atom. The molecule has 1 aliphatic rings. The number of nitrogens with zero attached hydrogens (tertiary/aromatic N) is 1. The van der Waals surface area contributed by atoms with Crippen molar-refractivity contribution in [2.75, 3.05) is 49.6 Å². The minimum atomic E-state index is -3.57. The molecule has 1 aromatic heterocycles. The van der Waals surface area contributed by atoms with Crippen molar-refractivity contribution in [3.8, 4) is 5.75 Å². The second kappa shape index (κ2) is 16.9. The summed E-state index contributed by atoms with van der Waals surface area (Å²) in [6, 6.07) is 17.1. The van der Waals surface area contributed by atoms with Gasteiger partial charge in [0.15, 0.2) is 5.78 Å². The van der Waals surface area contributed by atoms with E-state index in [-0.39, 0.29) is 22.0 Å². The molecule has 2 heterocycles. The molecule has 14 heteroatoms. The van der Waals surface area contributed by atoms with E-state index < -0.39 is 20.0 Å². The Bertz CT molecular complexity index is 2030. The number of benzene rings is 3. The fourth-order valence-corrected chi connectivity index (χ4v) is 8.11. The third kappa shape index (κ3) is 10.4. The van der Waals surface area contributed by atoms with E-state index >= 15 is 0 Å². The van der Waals surface area contributed by atoms with Crippen LogP contribution in [0.15, 0.2) is 65.6 Å². The van der Waals surface area contributed by atoms with Crippen molar-refractivity contribution in [3.05, 3.63) is 82.2 Å².